The SMILES string of the molecule is Cc1ccc(S(=O)(=O)C23CCN(C(=O)C4CCc5cncn5C4)C2CCc2cc(C(F)(C(F)(F)F)C(F)(F)F)ccc23)cc1. The van der Waals surface area contributed by atoms with Crippen LogP contribution in [0.1, 0.15) is 47.2 Å². The van der Waals surface area contributed by atoms with Crippen molar-refractivity contribution < 1.29 is 43.9 Å². The van der Waals surface area contributed by atoms with E-state index in [0.717, 1.165) is 17.3 Å². The average molecular weight is 644 g/mol. The summed E-state index contributed by atoms with van der Waals surface area (Å²) in [4.78, 5) is 19.5. The summed E-state index contributed by atoms with van der Waals surface area (Å²) < 4.78 is 126. The topological polar surface area (TPSA) is 72.3 Å². The molecule has 0 spiro atoms. The molecule has 6 rings (SSSR count). The number of aryl methyl sites for hydroxylation is 3. The molecule has 1 aromatic heterocycles. The third kappa shape index (κ3) is 4.30. The minimum atomic E-state index is -6.31. The van der Waals surface area contributed by atoms with Gasteiger partial charge in [-0.1, -0.05) is 35.9 Å². The van der Waals surface area contributed by atoms with E-state index in [1.807, 2.05) is 4.57 Å². The Morgan fingerprint density at radius 1 is 0.955 bits per heavy atom. The van der Waals surface area contributed by atoms with Gasteiger partial charge < -0.3 is 9.47 Å². The molecular weight excluding hydrogens is 615 g/mol. The molecule has 1 amide bonds. The number of rotatable bonds is 4. The van der Waals surface area contributed by atoms with Crippen LogP contribution in [-0.4, -0.2) is 53.7 Å². The van der Waals surface area contributed by atoms with Crippen molar-refractivity contribution in [2.24, 2.45) is 5.92 Å². The maximum atomic E-state index is 15.0. The van der Waals surface area contributed by atoms with E-state index in [-0.39, 0.29) is 47.7 Å². The first-order valence-electron chi connectivity index (χ1n) is 14.1. The van der Waals surface area contributed by atoms with Crippen molar-refractivity contribution in [1.82, 2.24) is 14.5 Å². The number of alkyl halides is 7. The van der Waals surface area contributed by atoms with E-state index in [9.17, 15) is 39.6 Å². The molecule has 0 radical (unpaired) electrons. The molecule has 3 heterocycles. The van der Waals surface area contributed by atoms with Crippen LogP contribution in [0.3, 0.4) is 0 Å². The fraction of sp³-hybridized carbons (Fsp3) is 0.467. The van der Waals surface area contributed by atoms with E-state index in [4.69, 9.17) is 0 Å². The molecule has 0 saturated carbocycles. The van der Waals surface area contributed by atoms with Crippen molar-refractivity contribution in [1.29, 1.82) is 0 Å². The summed E-state index contributed by atoms with van der Waals surface area (Å²) in [5, 5.41) is 0. The second kappa shape index (κ2) is 10.0. The molecule has 1 fully saturated rings. The molecular formula is C30H28F7N3O3S. The molecule has 14 heteroatoms. The summed E-state index contributed by atoms with van der Waals surface area (Å²) in [6.45, 7) is 2.12. The van der Waals surface area contributed by atoms with Crippen LogP contribution in [0.4, 0.5) is 30.7 Å². The summed E-state index contributed by atoms with van der Waals surface area (Å²) in [5.74, 6) is -0.739. The average Bonchev–Trinajstić information content (AvgIpc) is 3.60. The van der Waals surface area contributed by atoms with Crippen LogP contribution >= 0.6 is 0 Å². The molecule has 3 atom stereocenters. The monoisotopic (exact) mass is 643 g/mol. The Kier molecular flexibility index (Phi) is 6.99. The minimum Gasteiger partial charge on any atom is -0.337 e. The first kappa shape index (κ1) is 30.6. The first-order chi connectivity index (χ1) is 20.5. The van der Waals surface area contributed by atoms with Crippen LogP contribution in [0.15, 0.2) is 59.9 Å². The molecule has 3 aromatic rings. The van der Waals surface area contributed by atoms with Crippen molar-refractivity contribution in [2.45, 2.75) is 79.3 Å². The Morgan fingerprint density at radius 3 is 2.30 bits per heavy atom. The highest BCUT2D eigenvalue weighted by molar-refractivity contribution is 7.92. The van der Waals surface area contributed by atoms with E-state index in [1.165, 1.54) is 17.0 Å². The van der Waals surface area contributed by atoms with Gasteiger partial charge >= 0.3 is 18.0 Å². The van der Waals surface area contributed by atoms with Gasteiger partial charge in [-0.3, -0.25) is 4.79 Å². The molecule has 236 valence electrons. The lowest BCUT2D eigenvalue weighted by Crippen LogP contribution is -2.54. The Bertz CT molecular complexity index is 1700. The Hall–Kier alpha value is -3.42. The molecule has 6 nitrogen and oxygen atoms in total. The highest BCUT2D eigenvalue weighted by Crippen LogP contribution is 2.57. The summed E-state index contributed by atoms with van der Waals surface area (Å²) in [6, 6.07) is 6.75. The lowest BCUT2D eigenvalue weighted by atomic mass is 9.76. The van der Waals surface area contributed by atoms with Crippen LogP contribution in [0.2, 0.25) is 0 Å². The summed E-state index contributed by atoms with van der Waals surface area (Å²) in [6.07, 6.45) is -8.51. The third-order valence-corrected chi connectivity index (χ3v) is 12.0. The zero-order valence-electron chi connectivity index (χ0n) is 23.4. The Morgan fingerprint density at radius 2 is 1.64 bits per heavy atom. The number of carbonyl (C=O) groups excluding carboxylic acids is 1. The van der Waals surface area contributed by atoms with E-state index < -0.39 is 50.1 Å². The molecule has 3 aliphatic rings. The van der Waals surface area contributed by atoms with E-state index >= 15 is 4.39 Å². The van der Waals surface area contributed by atoms with Gasteiger partial charge in [-0.25, -0.2) is 17.8 Å². The zero-order chi connectivity index (χ0) is 31.9. The second-order valence-corrected chi connectivity index (χ2v) is 14.0. The number of imidazole rings is 1. The maximum absolute atomic E-state index is 15.0. The number of nitrogens with zero attached hydrogens (tertiary/aromatic N) is 3. The second-order valence-electron chi connectivity index (χ2n) is 11.8. The molecule has 3 unspecified atom stereocenters. The quantitative estimate of drug-likeness (QED) is 0.329. The van der Waals surface area contributed by atoms with Crippen molar-refractivity contribution in [3.8, 4) is 0 Å². The molecule has 1 saturated heterocycles. The van der Waals surface area contributed by atoms with Crippen LogP contribution in [0.25, 0.3) is 0 Å². The van der Waals surface area contributed by atoms with Crippen LogP contribution < -0.4 is 0 Å². The van der Waals surface area contributed by atoms with Gasteiger partial charge in [0.1, 0.15) is 4.75 Å². The van der Waals surface area contributed by atoms with E-state index in [2.05, 4.69) is 4.98 Å². The molecule has 44 heavy (non-hydrogen) atoms. The number of sulfone groups is 1. The fourth-order valence-electron chi connectivity index (χ4n) is 7.23. The number of halogens is 7. The fourth-order valence-corrected chi connectivity index (χ4v) is 9.60. The smallest absolute Gasteiger partial charge is 0.337 e. The predicted molar refractivity (Wildman–Crippen MR) is 144 cm³/mol. The van der Waals surface area contributed by atoms with Gasteiger partial charge in [0.15, 0.2) is 9.84 Å². The normalized spacial score (nSPS) is 24.0. The van der Waals surface area contributed by atoms with Crippen LogP contribution in [0, 0.1) is 12.8 Å². The minimum absolute atomic E-state index is 0.0133. The largest absolute Gasteiger partial charge is 0.435 e. The third-order valence-electron chi connectivity index (χ3n) is 9.47. The van der Waals surface area contributed by atoms with Gasteiger partial charge in [-0.15, -0.1) is 0 Å². The highest BCUT2D eigenvalue weighted by Gasteiger charge is 2.74. The molecule has 2 aromatic carbocycles. The summed E-state index contributed by atoms with van der Waals surface area (Å²) in [5.41, 5.74) is -5.72. The molecule has 1 aliphatic carbocycles. The summed E-state index contributed by atoms with van der Waals surface area (Å²) >= 11 is 0. The van der Waals surface area contributed by atoms with Gasteiger partial charge in [0.25, 0.3) is 0 Å². The molecule has 0 N–H and O–H groups in total. The number of benzene rings is 2. The number of hydrogen-bond donors (Lipinski definition) is 0. The van der Waals surface area contributed by atoms with Gasteiger partial charge in [0.2, 0.25) is 5.91 Å². The Labute approximate surface area is 248 Å². The number of fused-ring (bicyclic) bond motifs is 4. The van der Waals surface area contributed by atoms with Crippen LogP contribution in [-0.2, 0) is 44.4 Å². The predicted octanol–water partition coefficient (Wildman–Crippen LogP) is 5.96. The van der Waals surface area contributed by atoms with Gasteiger partial charge in [0, 0.05) is 30.5 Å². The van der Waals surface area contributed by atoms with E-state index in [1.54, 1.807) is 31.6 Å². The molecule has 0 bridgehead atoms. The van der Waals surface area contributed by atoms with Crippen molar-refractivity contribution in [3.63, 3.8) is 0 Å². The van der Waals surface area contributed by atoms with Gasteiger partial charge in [0.05, 0.1) is 23.2 Å². The summed E-state index contributed by atoms with van der Waals surface area (Å²) in [7, 11) is -4.38. The van der Waals surface area contributed by atoms with Crippen molar-refractivity contribution in [2.75, 3.05) is 6.54 Å². The van der Waals surface area contributed by atoms with Crippen molar-refractivity contribution >= 4 is 15.7 Å². The Balaban J connectivity index is 1.47. The lowest BCUT2D eigenvalue weighted by molar-refractivity contribution is -0.348. The zero-order valence-corrected chi connectivity index (χ0v) is 24.2. The number of aromatic nitrogens is 2. The van der Waals surface area contributed by atoms with E-state index in [0.29, 0.717) is 31.5 Å². The maximum Gasteiger partial charge on any atom is 0.435 e. The first-order valence-corrected chi connectivity index (χ1v) is 15.6. The van der Waals surface area contributed by atoms with Gasteiger partial charge in [-0.2, -0.15) is 26.3 Å². The number of carbonyl (C=O) groups is 1. The van der Waals surface area contributed by atoms with Gasteiger partial charge in [-0.05, 0) is 62.3 Å². The lowest BCUT2D eigenvalue weighted by Gasteiger charge is -2.43. The number of likely N-dealkylation sites (tertiary alicyclic amines) is 1. The number of hydrogen-bond acceptors (Lipinski definition) is 4. The molecule has 2 aliphatic heterocycles. The van der Waals surface area contributed by atoms with Crippen LogP contribution in [0.5, 0.6) is 0 Å². The highest BCUT2D eigenvalue weighted by atomic mass is 32.2. The standard InChI is InChI=1S/C30H28F7N3O3S/c1-18-2-8-23(9-3-18)44(42,43)27-12-13-40(26(41)20-4-7-22-15-38-17-39(22)16-20)25(27)11-5-19-14-21(6-10-24(19)27)28(31,29(32,33)34)30(35,36)37/h2-3,6,8-10,14-15,17,20,25H,4-5,7,11-13,16H2,1H3. The van der Waals surface area contributed by atoms with Crippen molar-refractivity contribution in [3.05, 3.63) is 82.9 Å². The number of amides is 1.